The van der Waals surface area contributed by atoms with E-state index in [1.54, 1.807) is 0 Å². The van der Waals surface area contributed by atoms with Gasteiger partial charge in [-0.15, -0.1) is 12.4 Å². The van der Waals surface area contributed by atoms with Crippen molar-refractivity contribution in [3.63, 3.8) is 0 Å². The number of rotatable bonds is 4. The molecule has 2 fully saturated rings. The number of nitrogens with one attached hydrogen (secondary N) is 1. The van der Waals surface area contributed by atoms with E-state index in [1.165, 1.54) is 12.5 Å². The molecule has 2 saturated heterocycles. The normalized spacial score (nSPS) is 22.7. The van der Waals surface area contributed by atoms with Gasteiger partial charge in [0, 0.05) is 43.6 Å². The number of Topliss-reactive ketones (excluding diaryl/α,β-unsaturated/α-hetero) is 1. The quantitative estimate of drug-likeness (QED) is 0.842. The summed E-state index contributed by atoms with van der Waals surface area (Å²) < 4.78 is 26.0. The molecular weight excluding hydrogens is 338 g/mol. The summed E-state index contributed by atoms with van der Waals surface area (Å²) in [6, 6.07) is 3.78. The van der Waals surface area contributed by atoms with Crippen LogP contribution in [0.5, 0.6) is 0 Å². The maximum absolute atomic E-state index is 13.2. The lowest BCUT2D eigenvalue weighted by atomic mass is 9.94. The van der Waals surface area contributed by atoms with Crippen LogP contribution in [0.1, 0.15) is 42.5 Å². The molecule has 24 heavy (non-hydrogen) atoms. The van der Waals surface area contributed by atoms with Gasteiger partial charge in [0.2, 0.25) is 5.91 Å². The number of hydrogen-bond donors (Lipinski definition) is 1. The van der Waals surface area contributed by atoms with Crippen molar-refractivity contribution < 1.29 is 18.4 Å². The summed E-state index contributed by atoms with van der Waals surface area (Å²) in [7, 11) is 0. The third-order valence-electron chi connectivity index (χ3n) is 4.62. The lowest BCUT2D eigenvalue weighted by Crippen LogP contribution is -2.59. The molecule has 4 nitrogen and oxygen atoms in total. The van der Waals surface area contributed by atoms with Crippen LogP contribution in [0.3, 0.4) is 0 Å². The lowest BCUT2D eigenvalue weighted by molar-refractivity contribution is -0.133. The third kappa shape index (κ3) is 4.30. The number of nitrogens with zero attached hydrogens (tertiary/aromatic N) is 1. The van der Waals surface area contributed by atoms with Crippen LogP contribution in [-0.2, 0) is 4.79 Å². The van der Waals surface area contributed by atoms with E-state index in [2.05, 4.69) is 5.32 Å². The molecule has 2 heterocycles. The van der Waals surface area contributed by atoms with Gasteiger partial charge in [-0.2, -0.15) is 0 Å². The number of benzene rings is 1. The minimum Gasteiger partial charge on any atom is -0.340 e. The van der Waals surface area contributed by atoms with Crippen molar-refractivity contribution in [1.29, 1.82) is 0 Å². The van der Waals surface area contributed by atoms with E-state index in [0.29, 0.717) is 25.2 Å². The van der Waals surface area contributed by atoms with E-state index in [4.69, 9.17) is 0 Å². The zero-order valence-corrected chi connectivity index (χ0v) is 14.1. The van der Waals surface area contributed by atoms with Crippen LogP contribution in [0.25, 0.3) is 0 Å². The largest absolute Gasteiger partial charge is 0.340 e. The maximum atomic E-state index is 13.2. The molecule has 3 rings (SSSR count). The van der Waals surface area contributed by atoms with Crippen LogP contribution in [-0.4, -0.2) is 41.8 Å². The van der Waals surface area contributed by atoms with Crippen molar-refractivity contribution in [1.82, 2.24) is 10.2 Å². The fraction of sp³-hybridized carbons (Fsp3) is 0.529. The molecule has 1 N–H and O–H groups in total. The predicted molar refractivity (Wildman–Crippen MR) is 88.3 cm³/mol. The molecule has 2 aliphatic heterocycles. The molecule has 2 atom stereocenters. The third-order valence-corrected chi connectivity index (χ3v) is 4.62. The molecule has 0 radical (unpaired) electrons. The van der Waals surface area contributed by atoms with Crippen LogP contribution < -0.4 is 5.32 Å². The zero-order valence-electron chi connectivity index (χ0n) is 13.3. The minimum absolute atomic E-state index is 0. The van der Waals surface area contributed by atoms with Gasteiger partial charge in [-0.1, -0.05) is 6.42 Å². The van der Waals surface area contributed by atoms with Gasteiger partial charge < -0.3 is 10.2 Å². The van der Waals surface area contributed by atoms with E-state index in [-0.39, 0.29) is 42.5 Å². The first-order valence-electron chi connectivity index (χ1n) is 8.05. The van der Waals surface area contributed by atoms with Crippen molar-refractivity contribution in [2.24, 2.45) is 0 Å². The van der Waals surface area contributed by atoms with Gasteiger partial charge in [-0.05, 0) is 31.0 Å². The minimum atomic E-state index is -1.04. The Kier molecular flexibility index (Phi) is 6.29. The second kappa shape index (κ2) is 8.03. The van der Waals surface area contributed by atoms with E-state index >= 15 is 0 Å². The Bertz CT molecular complexity index is 615. The van der Waals surface area contributed by atoms with Crippen molar-refractivity contribution in [3.8, 4) is 0 Å². The molecule has 2 aliphatic rings. The SMILES string of the molecule is Cl.O=C(CCC(=O)N1CC2CCCC(C1)N2)c1ccc(F)c(F)c1. The van der Waals surface area contributed by atoms with Crippen molar-refractivity contribution in [2.75, 3.05) is 13.1 Å². The molecule has 7 heteroatoms. The summed E-state index contributed by atoms with van der Waals surface area (Å²) >= 11 is 0. The molecular formula is C17H21ClF2N2O2. The zero-order chi connectivity index (χ0) is 16.4. The molecule has 132 valence electrons. The molecule has 0 spiro atoms. The Hall–Kier alpha value is -1.53. The summed E-state index contributed by atoms with van der Waals surface area (Å²) in [5, 5.41) is 3.50. The van der Waals surface area contributed by atoms with Crippen molar-refractivity contribution in [2.45, 2.75) is 44.2 Å². The molecule has 2 unspecified atom stereocenters. The van der Waals surface area contributed by atoms with Gasteiger partial charge in [0.1, 0.15) is 0 Å². The van der Waals surface area contributed by atoms with Gasteiger partial charge in [0.25, 0.3) is 0 Å². The molecule has 0 aromatic heterocycles. The molecule has 0 aliphatic carbocycles. The highest BCUT2D eigenvalue weighted by molar-refractivity contribution is 5.97. The van der Waals surface area contributed by atoms with E-state index in [0.717, 1.165) is 25.0 Å². The van der Waals surface area contributed by atoms with Crippen LogP contribution in [0.15, 0.2) is 18.2 Å². The smallest absolute Gasteiger partial charge is 0.223 e. The van der Waals surface area contributed by atoms with Gasteiger partial charge in [0.05, 0.1) is 0 Å². The van der Waals surface area contributed by atoms with Crippen LogP contribution in [0, 0.1) is 11.6 Å². The van der Waals surface area contributed by atoms with Crippen LogP contribution in [0.2, 0.25) is 0 Å². The second-order valence-electron chi connectivity index (χ2n) is 6.34. The van der Waals surface area contributed by atoms with Crippen molar-refractivity contribution in [3.05, 3.63) is 35.4 Å². The number of halogens is 3. The number of piperidine rings is 1. The van der Waals surface area contributed by atoms with E-state index in [1.807, 2.05) is 4.90 Å². The molecule has 0 saturated carbocycles. The summed E-state index contributed by atoms with van der Waals surface area (Å²) in [4.78, 5) is 26.1. The highest BCUT2D eigenvalue weighted by atomic mass is 35.5. The first-order valence-corrected chi connectivity index (χ1v) is 8.05. The summed E-state index contributed by atoms with van der Waals surface area (Å²) in [5.41, 5.74) is 0.105. The summed E-state index contributed by atoms with van der Waals surface area (Å²) in [6.45, 7) is 1.38. The number of carbonyl (C=O) groups is 2. The van der Waals surface area contributed by atoms with Gasteiger partial charge in [-0.3, -0.25) is 9.59 Å². The van der Waals surface area contributed by atoms with Crippen LogP contribution in [0.4, 0.5) is 8.78 Å². The average molecular weight is 359 g/mol. The number of hydrogen-bond acceptors (Lipinski definition) is 3. The standard InChI is InChI=1S/C17H20F2N2O2.ClH/c18-14-5-4-11(8-15(14)19)16(22)6-7-17(23)21-9-12-2-1-3-13(10-21)20-12;/h4-5,8,12-13,20H,1-3,6-7,9-10H2;1H. The molecule has 1 amide bonds. The molecule has 1 aromatic rings. The number of fused-ring (bicyclic) bond motifs is 2. The number of amides is 1. The highest BCUT2D eigenvalue weighted by Gasteiger charge is 2.31. The van der Waals surface area contributed by atoms with Crippen LogP contribution >= 0.6 is 12.4 Å². The Labute approximate surface area is 146 Å². The van der Waals surface area contributed by atoms with E-state index in [9.17, 15) is 18.4 Å². The fourth-order valence-corrected chi connectivity index (χ4v) is 3.40. The predicted octanol–water partition coefficient (Wildman–Crippen LogP) is 2.70. The average Bonchev–Trinajstić information content (AvgIpc) is 2.54. The Morgan fingerprint density at radius 3 is 2.38 bits per heavy atom. The van der Waals surface area contributed by atoms with Crippen molar-refractivity contribution >= 4 is 24.1 Å². The first kappa shape index (κ1) is 18.8. The number of piperazine rings is 1. The Morgan fingerprint density at radius 2 is 1.75 bits per heavy atom. The molecule has 2 bridgehead atoms. The second-order valence-corrected chi connectivity index (χ2v) is 6.34. The molecule has 1 aromatic carbocycles. The monoisotopic (exact) mass is 358 g/mol. The van der Waals surface area contributed by atoms with E-state index < -0.39 is 11.6 Å². The topological polar surface area (TPSA) is 49.4 Å². The number of likely N-dealkylation sites (tertiary alicyclic amines) is 1. The lowest BCUT2D eigenvalue weighted by Gasteiger charge is -2.42. The highest BCUT2D eigenvalue weighted by Crippen LogP contribution is 2.20. The maximum Gasteiger partial charge on any atom is 0.223 e. The summed E-state index contributed by atoms with van der Waals surface area (Å²) in [6.07, 6.45) is 3.47. The number of ketones is 1. The number of carbonyl (C=O) groups excluding carboxylic acids is 2. The van der Waals surface area contributed by atoms with Gasteiger partial charge >= 0.3 is 0 Å². The summed E-state index contributed by atoms with van der Waals surface area (Å²) in [5.74, 6) is -2.41. The van der Waals surface area contributed by atoms with Gasteiger partial charge in [-0.25, -0.2) is 8.78 Å². The van der Waals surface area contributed by atoms with Gasteiger partial charge in [0.15, 0.2) is 17.4 Å². The Morgan fingerprint density at radius 1 is 1.08 bits per heavy atom. The Balaban J connectivity index is 0.00000208. The fourth-order valence-electron chi connectivity index (χ4n) is 3.40. The first-order chi connectivity index (χ1) is 11.0.